The highest BCUT2D eigenvalue weighted by Crippen LogP contribution is 2.45. The molecule has 9 aromatic rings. The Balaban J connectivity index is 1.18. The van der Waals surface area contributed by atoms with Gasteiger partial charge in [0.1, 0.15) is 0 Å². The van der Waals surface area contributed by atoms with E-state index in [1.807, 2.05) is 97.1 Å². The zero-order valence-electron chi connectivity index (χ0n) is 31.4. The lowest BCUT2D eigenvalue weighted by Crippen LogP contribution is -2.30. The van der Waals surface area contributed by atoms with E-state index < -0.39 is 10.8 Å². The highest BCUT2D eigenvalue weighted by Gasteiger charge is 2.38. The minimum Gasteiger partial charge on any atom is -0.453 e. The molecular formula is C50H36N2O4. The van der Waals surface area contributed by atoms with Crippen LogP contribution in [-0.4, -0.2) is 20.7 Å². The molecule has 0 spiro atoms. The summed E-state index contributed by atoms with van der Waals surface area (Å²) in [5.41, 5.74) is 14.2. The number of nitrogens with zero attached hydrogens (tertiary/aromatic N) is 2. The molecule has 0 N–H and O–H groups in total. The van der Waals surface area contributed by atoms with E-state index in [1.165, 1.54) is 0 Å². The lowest BCUT2D eigenvalue weighted by atomic mass is 9.68. The zero-order valence-corrected chi connectivity index (χ0v) is 31.4. The van der Waals surface area contributed by atoms with Gasteiger partial charge in [-0.1, -0.05) is 100 Å². The van der Waals surface area contributed by atoms with Crippen LogP contribution in [0, 0.1) is 0 Å². The van der Waals surface area contributed by atoms with Crippen LogP contribution in [0.3, 0.4) is 0 Å². The van der Waals surface area contributed by atoms with E-state index in [-0.39, 0.29) is 11.6 Å². The van der Waals surface area contributed by atoms with Gasteiger partial charge in [-0.05, 0) is 82.9 Å². The molecule has 270 valence electrons. The fourth-order valence-corrected chi connectivity index (χ4v) is 9.37. The maximum absolute atomic E-state index is 13.8. The molecule has 2 aliphatic carbocycles. The zero-order chi connectivity index (χ0) is 38.1. The first kappa shape index (κ1) is 32.5. The van der Waals surface area contributed by atoms with Gasteiger partial charge in [-0.15, -0.1) is 0 Å². The van der Waals surface area contributed by atoms with Crippen LogP contribution in [-0.2, 0) is 10.8 Å². The lowest BCUT2D eigenvalue weighted by molar-refractivity contribution is 0.102. The van der Waals surface area contributed by atoms with Crippen molar-refractivity contribution in [3.05, 3.63) is 190 Å². The summed E-state index contributed by atoms with van der Waals surface area (Å²) in [6.45, 7) is 8.76. The summed E-state index contributed by atoms with van der Waals surface area (Å²) >= 11 is 0. The van der Waals surface area contributed by atoms with Gasteiger partial charge >= 0.3 is 0 Å². The summed E-state index contributed by atoms with van der Waals surface area (Å²) < 4.78 is 17.9. The molecule has 6 nitrogen and oxygen atoms in total. The van der Waals surface area contributed by atoms with Crippen LogP contribution in [0.1, 0.15) is 81.8 Å². The van der Waals surface area contributed by atoms with Crippen LogP contribution in [0.4, 0.5) is 0 Å². The molecule has 0 radical (unpaired) electrons. The van der Waals surface area contributed by atoms with Gasteiger partial charge in [0.25, 0.3) is 0 Å². The van der Waals surface area contributed by atoms with Crippen LogP contribution in [0.2, 0.25) is 0 Å². The van der Waals surface area contributed by atoms with Crippen molar-refractivity contribution in [3.8, 4) is 11.4 Å². The van der Waals surface area contributed by atoms with Crippen molar-refractivity contribution in [2.45, 2.75) is 38.5 Å². The van der Waals surface area contributed by atoms with Gasteiger partial charge in [0, 0.05) is 56.6 Å². The Hall–Kier alpha value is -6.92. The molecule has 0 amide bonds. The first-order valence-electron chi connectivity index (χ1n) is 19.0. The average molecular weight is 729 g/mol. The molecule has 2 heterocycles. The number of benzene rings is 7. The molecule has 0 aliphatic heterocycles. The average Bonchev–Trinajstić information content (AvgIpc) is 3.22. The normalized spacial score (nSPS) is 15.1. The molecule has 0 saturated carbocycles. The Morgan fingerprint density at radius 2 is 0.750 bits per heavy atom. The quantitative estimate of drug-likeness (QED) is 0.166. The molecule has 11 rings (SSSR count). The van der Waals surface area contributed by atoms with Gasteiger partial charge in [-0.25, -0.2) is 0 Å². The molecule has 0 atom stereocenters. The standard InChI is InChI=1S/C50H36N2O4/c1-49(2)35-15-7-5-13-31(35)47(53)33-23-21-29(25-37(33)49)51-39-17-9-11-19-43(39)55-45-28-42-46(27-41(45)51)56-44-20-12-10-18-40(44)52(42)30-22-24-34-38(26-30)50(3,4)36-16-8-6-14-32(36)48(34)54/h5-28H,1-4H3. The number of hydrogen-bond donors (Lipinski definition) is 0. The first-order chi connectivity index (χ1) is 27.1. The summed E-state index contributed by atoms with van der Waals surface area (Å²) in [7, 11) is 0. The third-order valence-electron chi connectivity index (χ3n) is 12.2. The molecule has 0 unspecified atom stereocenters. The summed E-state index contributed by atoms with van der Waals surface area (Å²) in [5.74, 6) is 0.0919. The minimum absolute atomic E-state index is 0.0459. The van der Waals surface area contributed by atoms with E-state index in [0.29, 0.717) is 11.2 Å². The predicted molar refractivity (Wildman–Crippen MR) is 221 cm³/mol. The Kier molecular flexibility index (Phi) is 6.56. The molecule has 7 aromatic carbocycles. The van der Waals surface area contributed by atoms with Crippen LogP contribution >= 0.6 is 0 Å². The molecule has 0 bridgehead atoms. The van der Waals surface area contributed by atoms with Crippen molar-refractivity contribution < 1.29 is 18.4 Å². The SMILES string of the molecule is CC1(C)c2ccccc2C(=O)c2ccc(-n3c4ccccc4oc4cc5c(cc43)oc3ccccc3n5-c3ccc4c(c3)C(C)(C)c3ccccc3C4=O)cc21. The smallest absolute Gasteiger partial charge is 0.193 e. The molecule has 6 heteroatoms. The molecule has 2 aromatic heterocycles. The van der Waals surface area contributed by atoms with E-state index in [2.05, 4.69) is 85.4 Å². The Morgan fingerprint density at radius 3 is 1.20 bits per heavy atom. The van der Waals surface area contributed by atoms with E-state index in [9.17, 15) is 9.59 Å². The third kappa shape index (κ3) is 4.38. The van der Waals surface area contributed by atoms with E-state index >= 15 is 0 Å². The van der Waals surface area contributed by atoms with Crippen molar-refractivity contribution in [3.63, 3.8) is 0 Å². The molecule has 56 heavy (non-hydrogen) atoms. The van der Waals surface area contributed by atoms with Crippen molar-refractivity contribution in [2.75, 3.05) is 0 Å². The molecule has 0 saturated heterocycles. The van der Waals surface area contributed by atoms with E-state index in [0.717, 1.165) is 89.1 Å². The number of aromatic nitrogens is 2. The van der Waals surface area contributed by atoms with Crippen LogP contribution in [0.25, 0.3) is 55.8 Å². The topological polar surface area (TPSA) is 70.3 Å². The fraction of sp³-hybridized carbons (Fsp3) is 0.120. The van der Waals surface area contributed by atoms with Crippen molar-refractivity contribution >= 4 is 56.0 Å². The second kappa shape index (κ2) is 11.3. The van der Waals surface area contributed by atoms with Crippen LogP contribution in [0.15, 0.2) is 154 Å². The largest absolute Gasteiger partial charge is 0.453 e. The highest BCUT2D eigenvalue weighted by molar-refractivity contribution is 6.14. The molecule has 0 fully saturated rings. The number of carbonyl (C=O) groups excluding carboxylic acids is 2. The van der Waals surface area contributed by atoms with Crippen molar-refractivity contribution in [1.82, 2.24) is 9.13 Å². The third-order valence-corrected chi connectivity index (χ3v) is 12.2. The van der Waals surface area contributed by atoms with Crippen molar-refractivity contribution in [2.24, 2.45) is 0 Å². The second-order valence-corrected chi connectivity index (χ2v) is 16.1. The number of ketones is 2. The molecule has 2 aliphatic rings. The lowest BCUT2D eigenvalue weighted by Gasteiger charge is -2.34. The predicted octanol–water partition coefficient (Wildman–Crippen LogP) is 11.9. The highest BCUT2D eigenvalue weighted by atomic mass is 16.3. The Bertz CT molecular complexity index is 3030. The summed E-state index contributed by atoms with van der Waals surface area (Å²) in [6, 6.07) is 48.3. The minimum atomic E-state index is -0.399. The number of para-hydroxylation sites is 4. The maximum atomic E-state index is 13.8. The van der Waals surface area contributed by atoms with E-state index in [1.54, 1.807) is 0 Å². The second-order valence-electron chi connectivity index (χ2n) is 16.1. The monoisotopic (exact) mass is 728 g/mol. The summed E-state index contributed by atoms with van der Waals surface area (Å²) in [4.78, 5) is 27.6. The van der Waals surface area contributed by atoms with Gasteiger partial charge < -0.3 is 18.0 Å². The number of carbonyl (C=O) groups is 2. The van der Waals surface area contributed by atoms with Crippen molar-refractivity contribution in [1.29, 1.82) is 0 Å². The molecular weight excluding hydrogens is 693 g/mol. The fourth-order valence-electron chi connectivity index (χ4n) is 9.37. The van der Waals surface area contributed by atoms with Crippen LogP contribution in [0.5, 0.6) is 0 Å². The Labute approximate surface area is 322 Å². The van der Waals surface area contributed by atoms with E-state index in [4.69, 9.17) is 8.83 Å². The number of rotatable bonds is 2. The van der Waals surface area contributed by atoms with Gasteiger partial charge in [0.05, 0.1) is 22.1 Å². The maximum Gasteiger partial charge on any atom is 0.193 e. The van der Waals surface area contributed by atoms with Gasteiger partial charge in [0.15, 0.2) is 33.9 Å². The summed E-state index contributed by atoms with van der Waals surface area (Å²) in [5, 5.41) is 0. The van der Waals surface area contributed by atoms with Gasteiger partial charge in [-0.3, -0.25) is 9.59 Å². The first-order valence-corrected chi connectivity index (χ1v) is 19.0. The van der Waals surface area contributed by atoms with Crippen LogP contribution < -0.4 is 0 Å². The van der Waals surface area contributed by atoms with Gasteiger partial charge in [-0.2, -0.15) is 0 Å². The Morgan fingerprint density at radius 1 is 0.375 bits per heavy atom. The van der Waals surface area contributed by atoms with Gasteiger partial charge in [0.2, 0.25) is 0 Å². The number of fused-ring (bicyclic) bond motifs is 8. The summed E-state index contributed by atoms with van der Waals surface area (Å²) in [6.07, 6.45) is 0. The number of hydrogen-bond acceptors (Lipinski definition) is 4.